The quantitative estimate of drug-likeness (QED) is 0.586. The van der Waals surface area contributed by atoms with Crippen molar-refractivity contribution in [3.63, 3.8) is 0 Å². The average molecular weight is 227 g/mol. The van der Waals surface area contributed by atoms with E-state index in [0.717, 1.165) is 5.56 Å². The molecule has 1 heterocycles. The number of carbonyl (C=O) groups is 1. The lowest BCUT2D eigenvalue weighted by Gasteiger charge is -2.08. The number of halogens is 1. The zero-order chi connectivity index (χ0) is 11.0. The molecule has 0 aliphatic carbocycles. The molecule has 1 aromatic rings. The van der Waals surface area contributed by atoms with Crippen molar-refractivity contribution in [2.75, 3.05) is 13.7 Å². The highest BCUT2D eigenvalue weighted by Crippen LogP contribution is 2.29. The fraction of sp³-hybridized carbons (Fsp3) is 0.364. The Bertz CT molecular complexity index is 411. The minimum absolute atomic E-state index is 0.00273. The van der Waals surface area contributed by atoms with Crippen LogP contribution in [0.1, 0.15) is 15.9 Å². The number of carbonyl (C=O) groups excluding carboxylic acids is 1. The molecule has 2 rings (SSSR count). The lowest BCUT2D eigenvalue weighted by molar-refractivity contribution is 0.0953. The van der Waals surface area contributed by atoms with Gasteiger partial charge >= 0.3 is 0 Å². The molecular formula is C11H11ClO3. The zero-order valence-corrected chi connectivity index (χ0v) is 9.30. The summed E-state index contributed by atoms with van der Waals surface area (Å²) in [5.41, 5.74) is 1.47. The first kappa shape index (κ1) is 10.5. The lowest BCUT2D eigenvalue weighted by Crippen LogP contribution is -2.09. The molecule has 1 aliphatic heterocycles. The number of ether oxygens (including phenoxy) is 2. The average Bonchev–Trinajstić information content (AvgIpc) is 3.03. The monoisotopic (exact) mass is 226 g/mol. The van der Waals surface area contributed by atoms with Crippen molar-refractivity contribution in [3.05, 3.63) is 28.3 Å². The van der Waals surface area contributed by atoms with E-state index in [1.165, 1.54) is 0 Å². The molecule has 15 heavy (non-hydrogen) atoms. The summed E-state index contributed by atoms with van der Waals surface area (Å²) in [4.78, 5) is 11.8. The van der Waals surface area contributed by atoms with Crippen molar-refractivity contribution >= 4 is 17.4 Å². The minimum Gasteiger partial charge on any atom is -0.495 e. The Morgan fingerprint density at radius 3 is 2.80 bits per heavy atom. The minimum atomic E-state index is -0.270. The number of rotatable bonds is 3. The standard InChI is InChI=1S/C11H11ClO3/c1-6-3-9(14-2)8(12)4-7(6)11(13)10-5-15-10/h3-4,10H,5H2,1-2H3. The van der Waals surface area contributed by atoms with Crippen LogP contribution in [-0.2, 0) is 4.74 Å². The maximum absolute atomic E-state index is 11.8. The van der Waals surface area contributed by atoms with Crippen LogP contribution >= 0.6 is 11.6 Å². The van der Waals surface area contributed by atoms with Gasteiger partial charge in [0.15, 0.2) is 5.78 Å². The topological polar surface area (TPSA) is 38.8 Å². The van der Waals surface area contributed by atoms with E-state index in [9.17, 15) is 4.79 Å². The Kier molecular flexibility index (Phi) is 2.67. The number of methoxy groups -OCH3 is 1. The molecule has 0 saturated carbocycles. The van der Waals surface area contributed by atoms with Crippen molar-refractivity contribution in [1.29, 1.82) is 0 Å². The summed E-state index contributed by atoms with van der Waals surface area (Å²) < 4.78 is 10.0. The van der Waals surface area contributed by atoms with Crippen LogP contribution in [0.3, 0.4) is 0 Å². The molecule has 0 amide bonds. The van der Waals surface area contributed by atoms with E-state index in [1.54, 1.807) is 19.2 Å². The van der Waals surface area contributed by atoms with Crippen LogP contribution in [0.5, 0.6) is 5.75 Å². The molecule has 1 saturated heterocycles. The van der Waals surface area contributed by atoms with Crippen LogP contribution in [0.15, 0.2) is 12.1 Å². The Labute approximate surface area is 92.9 Å². The van der Waals surface area contributed by atoms with Gasteiger partial charge in [-0.1, -0.05) is 11.6 Å². The van der Waals surface area contributed by atoms with Gasteiger partial charge in [-0.2, -0.15) is 0 Å². The highest BCUT2D eigenvalue weighted by molar-refractivity contribution is 6.32. The number of aryl methyl sites for hydroxylation is 1. The molecule has 1 aromatic carbocycles. The molecule has 4 heteroatoms. The largest absolute Gasteiger partial charge is 0.495 e. The first-order chi connectivity index (χ1) is 7.13. The summed E-state index contributed by atoms with van der Waals surface area (Å²) >= 11 is 5.95. The van der Waals surface area contributed by atoms with Crippen molar-refractivity contribution in [2.45, 2.75) is 13.0 Å². The van der Waals surface area contributed by atoms with Crippen LogP contribution in [0.4, 0.5) is 0 Å². The van der Waals surface area contributed by atoms with Gasteiger partial charge in [0.05, 0.1) is 18.7 Å². The second-order valence-corrected chi connectivity index (χ2v) is 3.90. The first-order valence-corrected chi connectivity index (χ1v) is 5.01. The number of Topliss-reactive ketones (excluding diaryl/α,β-unsaturated/α-hetero) is 1. The van der Waals surface area contributed by atoms with Gasteiger partial charge in [0, 0.05) is 5.56 Å². The van der Waals surface area contributed by atoms with Gasteiger partial charge in [0.1, 0.15) is 11.9 Å². The Hall–Kier alpha value is -1.06. The van der Waals surface area contributed by atoms with E-state index in [4.69, 9.17) is 21.1 Å². The fourth-order valence-electron chi connectivity index (χ4n) is 1.45. The van der Waals surface area contributed by atoms with Crippen LogP contribution in [0, 0.1) is 6.92 Å². The van der Waals surface area contributed by atoms with Crippen molar-refractivity contribution in [2.24, 2.45) is 0 Å². The van der Waals surface area contributed by atoms with Gasteiger partial charge in [-0.15, -0.1) is 0 Å². The number of ketones is 1. The number of epoxide rings is 1. The SMILES string of the molecule is COc1cc(C)c(C(=O)C2CO2)cc1Cl. The molecule has 1 fully saturated rings. The van der Waals surface area contributed by atoms with Gasteiger partial charge in [-0.25, -0.2) is 0 Å². The Morgan fingerprint density at radius 2 is 2.27 bits per heavy atom. The fourth-order valence-corrected chi connectivity index (χ4v) is 1.69. The van der Waals surface area contributed by atoms with E-state index < -0.39 is 0 Å². The predicted octanol–water partition coefficient (Wildman–Crippen LogP) is 2.24. The lowest BCUT2D eigenvalue weighted by atomic mass is 10.0. The Balaban J connectivity index is 2.39. The van der Waals surface area contributed by atoms with E-state index >= 15 is 0 Å². The van der Waals surface area contributed by atoms with Crippen molar-refractivity contribution < 1.29 is 14.3 Å². The van der Waals surface area contributed by atoms with Gasteiger partial charge in [0.2, 0.25) is 0 Å². The highest BCUT2D eigenvalue weighted by Gasteiger charge is 2.33. The van der Waals surface area contributed by atoms with Crippen LogP contribution in [-0.4, -0.2) is 25.6 Å². The van der Waals surface area contributed by atoms with E-state index in [-0.39, 0.29) is 11.9 Å². The molecule has 80 valence electrons. The second kappa shape index (κ2) is 3.83. The van der Waals surface area contributed by atoms with E-state index in [0.29, 0.717) is 22.9 Å². The zero-order valence-electron chi connectivity index (χ0n) is 8.54. The summed E-state index contributed by atoms with van der Waals surface area (Å²) in [6.45, 7) is 2.37. The first-order valence-electron chi connectivity index (χ1n) is 4.63. The normalized spacial score (nSPS) is 18.7. The smallest absolute Gasteiger partial charge is 0.194 e. The third kappa shape index (κ3) is 1.98. The maximum Gasteiger partial charge on any atom is 0.194 e. The molecule has 1 unspecified atom stereocenters. The molecule has 0 bridgehead atoms. The third-order valence-corrected chi connectivity index (χ3v) is 2.69. The third-order valence-electron chi connectivity index (χ3n) is 2.39. The van der Waals surface area contributed by atoms with E-state index in [1.807, 2.05) is 6.92 Å². The van der Waals surface area contributed by atoms with Gasteiger partial charge in [-0.05, 0) is 24.6 Å². The second-order valence-electron chi connectivity index (χ2n) is 3.49. The van der Waals surface area contributed by atoms with Gasteiger partial charge < -0.3 is 9.47 Å². The predicted molar refractivity (Wildman–Crippen MR) is 56.8 cm³/mol. The van der Waals surface area contributed by atoms with Gasteiger partial charge in [0.25, 0.3) is 0 Å². The molecule has 1 atom stereocenters. The Morgan fingerprint density at radius 1 is 1.60 bits per heavy atom. The van der Waals surface area contributed by atoms with Crippen molar-refractivity contribution in [3.8, 4) is 5.75 Å². The molecule has 1 aliphatic rings. The maximum atomic E-state index is 11.8. The molecule has 0 N–H and O–H groups in total. The van der Waals surface area contributed by atoms with E-state index in [2.05, 4.69) is 0 Å². The van der Waals surface area contributed by atoms with Crippen LogP contribution in [0.25, 0.3) is 0 Å². The molecule has 0 radical (unpaired) electrons. The summed E-state index contributed by atoms with van der Waals surface area (Å²) in [5.74, 6) is 0.583. The molecular weight excluding hydrogens is 216 g/mol. The van der Waals surface area contributed by atoms with Crippen LogP contribution < -0.4 is 4.74 Å². The summed E-state index contributed by atoms with van der Waals surface area (Å²) in [6.07, 6.45) is -0.270. The number of benzene rings is 1. The van der Waals surface area contributed by atoms with Crippen molar-refractivity contribution in [1.82, 2.24) is 0 Å². The number of hydrogen-bond acceptors (Lipinski definition) is 3. The number of hydrogen-bond donors (Lipinski definition) is 0. The molecule has 3 nitrogen and oxygen atoms in total. The van der Waals surface area contributed by atoms with Crippen LogP contribution in [0.2, 0.25) is 5.02 Å². The van der Waals surface area contributed by atoms with Gasteiger partial charge in [-0.3, -0.25) is 4.79 Å². The highest BCUT2D eigenvalue weighted by atomic mass is 35.5. The summed E-state index contributed by atoms with van der Waals surface area (Å²) in [5, 5.41) is 0.451. The summed E-state index contributed by atoms with van der Waals surface area (Å²) in [6, 6.07) is 3.40. The summed E-state index contributed by atoms with van der Waals surface area (Å²) in [7, 11) is 1.55. The molecule has 0 aromatic heterocycles. The molecule has 0 spiro atoms.